The molecule has 0 unspecified atom stereocenters. The highest BCUT2D eigenvalue weighted by Crippen LogP contribution is 2.38. The quantitative estimate of drug-likeness (QED) is 0.605. The SMILES string of the molecule is CC(=O)OC(C)(C)C.CCCC.COc1ccc2c(c1OC)CC[C@H](C)C2. The lowest BCUT2D eigenvalue weighted by Crippen LogP contribution is -2.21. The van der Waals surface area contributed by atoms with Crippen molar-refractivity contribution < 1.29 is 19.0 Å². The molecule has 0 spiro atoms. The molecular formula is C23H40O4. The summed E-state index contributed by atoms with van der Waals surface area (Å²) in [4.78, 5) is 10.2. The number of hydrogen-bond donors (Lipinski definition) is 0. The number of carbonyl (C=O) groups excluding carboxylic acids is 1. The Morgan fingerprint density at radius 2 is 1.70 bits per heavy atom. The lowest BCUT2D eigenvalue weighted by atomic mass is 9.84. The van der Waals surface area contributed by atoms with Crippen molar-refractivity contribution in [3.05, 3.63) is 23.3 Å². The maximum absolute atomic E-state index is 10.2. The van der Waals surface area contributed by atoms with E-state index in [1.807, 2.05) is 26.8 Å². The van der Waals surface area contributed by atoms with Gasteiger partial charge in [-0.3, -0.25) is 4.79 Å². The third kappa shape index (κ3) is 10.3. The van der Waals surface area contributed by atoms with Crippen LogP contribution in [0.25, 0.3) is 0 Å². The lowest BCUT2D eigenvalue weighted by Gasteiger charge is -2.24. The molecule has 0 amide bonds. The minimum Gasteiger partial charge on any atom is -0.493 e. The average Bonchev–Trinajstić information content (AvgIpc) is 2.59. The molecular weight excluding hydrogens is 340 g/mol. The number of methoxy groups -OCH3 is 2. The Kier molecular flexibility index (Phi) is 11.8. The average molecular weight is 381 g/mol. The van der Waals surface area contributed by atoms with Gasteiger partial charge in [0.2, 0.25) is 0 Å². The molecule has 0 saturated carbocycles. The van der Waals surface area contributed by atoms with E-state index in [0.717, 1.165) is 30.3 Å². The molecule has 0 fully saturated rings. The summed E-state index contributed by atoms with van der Waals surface area (Å²) in [6, 6.07) is 4.18. The van der Waals surface area contributed by atoms with Crippen LogP contribution in [-0.4, -0.2) is 25.8 Å². The van der Waals surface area contributed by atoms with Crippen LogP contribution in [0.4, 0.5) is 0 Å². The van der Waals surface area contributed by atoms with Crippen LogP contribution < -0.4 is 9.47 Å². The summed E-state index contributed by atoms with van der Waals surface area (Å²) in [5.41, 5.74) is 2.44. The summed E-state index contributed by atoms with van der Waals surface area (Å²) in [5, 5.41) is 0. The van der Waals surface area contributed by atoms with E-state index in [2.05, 4.69) is 26.8 Å². The number of rotatable bonds is 3. The molecule has 1 aromatic rings. The van der Waals surface area contributed by atoms with Crippen molar-refractivity contribution in [3.8, 4) is 11.5 Å². The van der Waals surface area contributed by atoms with Gasteiger partial charge in [-0.15, -0.1) is 0 Å². The van der Waals surface area contributed by atoms with Crippen molar-refractivity contribution in [2.24, 2.45) is 5.92 Å². The van der Waals surface area contributed by atoms with Crippen LogP contribution in [0.1, 0.15) is 78.9 Å². The molecule has 2 rings (SSSR count). The van der Waals surface area contributed by atoms with E-state index in [1.54, 1.807) is 14.2 Å². The highest BCUT2D eigenvalue weighted by molar-refractivity contribution is 5.66. The summed E-state index contributed by atoms with van der Waals surface area (Å²) in [7, 11) is 3.41. The van der Waals surface area contributed by atoms with Crippen LogP contribution in [0.5, 0.6) is 11.5 Å². The van der Waals surface area contributed by atoms with Gasteiger partial charge in [-0.05, 0) is 57.6 Å². The van der Waals surface area contributed by atoms with Crippen LogP contribution >= 0.6 is 0 Å². The van der Waals surface area contributed by atoms with Gasteiger partial charge >= 0.3 is 5.97 Å². The van der Waals surface area contributed by atoms with E-state index in [1.165, 1.54) is 37.3 Å². The van der Waals surface area contributed by atoms with Gasteiger partial charge in [0.15, 0.2) is 11.5 Å². The van der Waals surface area contributed by atoms with Crippen molar-refractivity contribution in [3.63, 3.8) is 0 Å². The van der Waals surface area contributed by atoms with E-state index >= 15 is 0 Å². The second-order valence-corrected chi connectivity index (χ2v) is 7.99. The second-order valence-electron chi connectivity index (χ2n) is 7.99. The standard InChI is InChI=1S/C13H18O2.C6H12O2.C4H10/c1-9-4-6-11-10(8-9)5-7-12(14-2)13(11)15-3;1-5(7)8-6(2,3)4;1-3-4-2/h5,7,9H,4,6,8H2,1-3H3;1-4H3;3-4H2,1-2H3/t9-;;/m0../s1. The number of carbonyl (C=O) groups is 1. The molecule has 27 heavy (non-hydrogen) atoms. The van der Waals surface area contributed by atoms with Crippen LogP contribution in [0, 0.1) is 5.92 Å². The van der Waals surface area contributed by atoms with Crippen LogP contribution in [-0.2, 0) is 22.4 Å². The summed E-state index contributed by atoms with van der Waals surface area (Å²) in [5.74, 6) is 2.35. The molecule has 0 aliphatic heterocycles. The van der Waals surface area contributed by atoms with Gasteiger partial charge in [0.1, 0.15) is 5.60 Å². The van der Waals surface area contributed by atoms with E-state index in [0.29, 0.717) is 0 Å². The molecule has 1 aliphatic rings. The molecule has 1 atom stereocenters. The van der Waals surface area contributed by atoms with Gasteiger partial charge in [-0.2, -0.15) is 0 Å². The minimum atomic E-state index is -0.328. The Bertz CT molecular complexity index is 556. The molecule has 156 valence electrons. The third-order valence-electron chi connectivity index (χ3n) is 4.15. The maximum Gasteiger partial charge on any atom is 0.303 e. The van der Waals surface area contributed by atoms with Crippen LogP contribution in [0.3, 0.4) is 0 Å². The summed E-state index contributed by atoms with van der Waals surface area (Å²) < 4.78 is 15.5. The highest BCUT2D eigenvalue weighted by atomic mass is 16.6. The van der Waals surface area contributed by atoms with E-state index < -0.39 is 0 Å². The highest BCUT2D eigenvalue weighted by Gasteiger charge is 2.20. The molecule has 1 aliphatic carbocycles. The van der Waals surface area contributed by atoms with Gasteiger partial charge in [-0.1, -0.05) is 39.7 Å². The first-order valence-electron chi connectivity index (χ1n) is 10.0. The van der Waals surface area contributed by atoms with E-state index in [-0.39, 0.29) is 11.6 Å². The molecule has 4 nitrogen and oxygen atoms in total. The Morgan fingerprint density at radius 1 is 1.11 bits per heavy atom. The summed E-state index contributed by atoms with van der Waals surface area (Å²) in [6.07, 6.45) is 6.16. The topological polar surface area (TPSA) is 44.8 Å². The molecule has 0 saturated heterocycles. The van der Waals surface area contributed by atoms with Gasteiger partial charge in [0, 0.05) is 12.5 Å². The van der Waals surface area contributed by atoms with Gasteiger partial charge in [0.05, 0.1) is 14.2 Å². The number of benzene rings is 1. The van der Waals surface area contributed by atoms with Gasteiger partial charge < -0.3 is 14.2 Å². The maximum atomic E-state index is 10.2. The number of esters is 1. The third-order valence-corrected chi connectivity index (χ3v) is 4.15. The molecule has 0 heterocycles. The first kappa shape index (κ1) is 25.3. The minimum absolute atomic E-state index is 0.225. The van der Waals surface area contributed by atoms with Gasteiger partial charge in [0.25, 0.3) is 0 Å². The van der Waals surface area contributed by atoms with Crippen molar-refractivity contribution in [1.29, 1.82) is 0 Å². The number of unbranched alkanes of at least 4 members (excludes halogenated alkanes) is 1. The lowest BCUT2D eigenvalue weighted by molar-refractivity contribution is -0.151. The Balaban J connectivity index is 0.000000476. The first-order valence-corrected chi connectivity index (χ1v) is 10.0. The fraction of sp³-hybridized carbons (Fsp3) is 0.696. The predicted octanol–water partition coefficient (Wildman–Crippen LogP) is 5.98. The Hall–Kier alpha value is -1.71. The Morgan fingerprint density at radius 3 is 2.07 bits per heavy atom. The largest absolute Gasteiger partial charge is 0.493 e. The van der Waals surface area contributed by atoms with Crippen LogP contribution in [0.2, 0.25) is 0 Å². The van der Waals surface area contributed by atoms with E-state index in [9.17, 15) is 4.79 Å². The fourth-order valence-electron chi connectivity index (χ4n) is 2.80. The second kappa shape index (κ2) is 12.6. The van der Waals surface area contributed by atoms with Crippen molar-refractivity contribution >= 4 is 5.97 Å². The smallest absolute Gasteiger partial charge is 0.303 e. The number of ether oxygens (including phenoxy) is 3. The normalized spacial score (nSPS) is 15.2. The summed E-state index contributed by atoms with van der Waals surface area (Å²) >= 11 is 0. The molecule has 0 N–H and O–H groups in total. The molecule has 0 bridgehead atoms. The molecule has 4 heteroatoms. The zero-order valence-electron chi connectivity index (χ0n) is 18.9. The van der Waals surface area contributed by atoms with Crippen molar-refractivity contribution in [2.75, 3.05) is 14.2 Å². The predicted molar refractivity (Wildman–Crippen MR) is 113 cm³/mol. The molecule has 1 aromatic carbocycles. The first-order chi connectivity index (χ1) is 12.6. The van der Waals surface area contributed by atoms with E-state index in [4.69, 9.17) is 14.2 Å². The van der Waals surface area contributed by atoms with Crippen molar-refractivity contribution in [1.82, 2.24) is 0 Å². The zero-order valence-corrected chi connectivity index (χ0v) is 18.9. The monoisotopic (exact) mass is 380 g/mol. The number of fused-ring (bicyclic) bond motifs is 1. The fourth-order valence-corrected chi connectivity index (χ4v) is 2.80. The van der Waals surface area contributed by atoms with Crippen LogP contribution in [0.15, 0.2) is 12.1 Å². The van der Waals surface area contributed by atoms with Gasteiger partial charge in [-0.25, -0.2) is 0 Å². The summed E-state index contributed by atoms with van der Waals surface area (Å²) in [6.45, 7) is 13.6. The van der Waals surface area contributed by atoms with Crippen molar-refractivity contribution in [2.45, 2.75) is 86.2 Å². The number of hydrogen-bond acceptors (Lipinski definition) is 4. The zero-order chi connectivity index (χ0) is 21.0. The Labute approximate surface area is 166 Å². The molecule has 0 aromatic heterocycles. The molecule has 0 radical (unpaired) electrons.